The van der Waals surface area contributed by atoms with E-state index in [1.165, 1.54) is 12.3 Å². The van der Waals surface area contributed by atoms with Gasteiger partial charge in [-0.05, 0) is 30.7 Å². The number of nitrogen functional groups attached to an aromatic ring is 1. The molecule has 0 saturated carbocycles. The predicted molar refractivity (Wildman–Crippen MR) is 58.7 cm³/mol. The van der Waals surface area contributed by atoms with Crippen LogP contribution in [-0.4, -0.2) is 4.98 Å². The quantitative estimate of drug-likeness (QED) is 0.802. The largest absolute Gasteiger partial charge is 0.397 e. The molecule has 0 unspecified atom stereocenters. The van der Waals surface area contributed by atoms with Gasteiger partial charge in [0.25, 0.3) is 0 Å². The van der Waals surface area contributed by atoms with Gasteiger partial charge in [-0.3, -0.25) is 4.98 Å². The first-order valence-electron chi connectivity index (χ1n) is 4.76. The minimum atomic E-state index is -0.659. The van der Waals surface area contributed by atoms with E-state index in [-0.39, 0.29) is 5.56 Å². The van der Waals surface area contributed by atoms with Gasteiger partial charge < -0.3 is 5.73 Å². The van der Waals surface area contributed by atoms with Gasteiger partial charge in [0.15, 0.2) is 0 Å². The topological polar surface area (TPSA) is 38.9 Å². The Labute approximate surface area is 91.7 Å². The third-order valence-corrected chi connectivity index (χ3v) is 2.34. The van der Waals surface area contributed by atoms with E-state index in [9.17, 15) is 8.78 Å². The van der Waals surface area contributed by atoms with Crippen LogP contribution in [0.3, 0.4) is 0 Å². The lowest BCUT2D eigenvalue weighted by atomic mass is 10.1. The number of pyridine rings is 1. The van der Waals surface area contributed by atoms with Gasteiger partial charge in [0, 0.05) is 17.8 Å². The summed E-state index contributed by atoms with van der Waals surface area (Å²) in [6.07, 6.45) is 1.52. The highest BCUT2D eigenvalue weighted by atomic mass is 19.1. The van der Waals surface area contributed by atoms with Crippen molar-refractivity contribution in [1.82, 2.24) is 4.98 Å². The molecule has 0 aliphatic rings. The molecule has 4 heteroatoms. The van der Waals surface area contributed by atoms with E-state index in [4.69, 9.17) is 5.73 Å². The van der Waals surface area contributed by atoms with E-state index in [1.54, 1.807) is 19.1 Å². The molecule has 0 bridgehead atoms. The highest BCUT2D eigenvalue weighted by molar-refractivity contribution is 5.73. The number of halogens is 2. The van der Waals surface area contributed by atoms with Crippen LogP contribution >= 0.6 is 0 Å². The summed E-state index contributed by atoms with van der Waals surface area (Å²) in [7, 11) is 0. The SMILES string of the molecule is Cc1cc(-c2ncccc2N)c(F)cc1F. The zero-order valence-corrected chi connectivity index (χ0v) is 8.67. The maximum atomic E-state index is 13.6. The van der Waals surface area contributed by atoms with Crippen LogP contribution in [0.2, 0.25) is 0 Å². The molecule has 2 N–H and O–H groups in total. The van der Waals surface area contributed by atoms with Crippen molar-refractivity contribution >= 4 is 5.69 Å². The summed E-state index contributed by atoms with van der Waals surface area (Å²) < 4.78 is 26.6. The first-order chi connectivity index (χ1) is 7.59. The van der Waals surface area contributed by atoms with Crippen molar-refractivity contribution in [2.45, 2.75) is 6.92 Å². The van der Waals surface area contributed by atoms with E-state index < -0.39 is 11.6 Å². The monoisotopic (exact) mass is 220 g/mol. The van der Waals surface area contributed by atoms with Crippen molar-refractivity contribution in [1.29, 1.82) is 0 Å². The van der Waals surface area contributed by atoms with E-state index in [0.29, 0.717) is 16.9 Å². The summed E-state index contributed by atoms with van der Waals surface area (Å²) in [5, 5.41) is 0. The van der Waals surface area contributed by atoms with Gasteiger partial charge >= 0.3 is 0 Å². The Bertz CT molecular complexity index is 539. The van der Waals surface area contributed by atoms with E-state index in [2.05, 4.69) is 4.98 Å². The summed E-state index contributed by atoms with van der Waals surface area (Å²) in [6.45, 7) is 1.57. The van der Waals surface area contributed by atoms with Gasteiger partial charge in [-0.1, -0.05) is 0 Å². The molecule has 16 heavy (non-hydrogen) atoms. The molecule has 0 aliphatic carbocycles. The highest BCUT2D eigenvalue weighted by Crippen LogP contribution is 2.27. The summed E-state index contributed by atoms with van der Waals surface area (Å²) in [5.41, 5.74) is 6.97. The Kier molecular flexibility index (Phi) is 2.56. The van der Waals surface area contributed by atoms with Crippen LogP contribution in [0.25, 0.3) is 11.3 Å². The molecule has 0 atom stereocenters. The van der Waals surface area contributed by atoms with Crippen molar-refractivity contribution in [3.63, 3.8) is 0 Å². The molecule has 0 amide bonds. The second-order valence-corrected chi connectivity index (χ2v) is 3.52. The minimum absolute atomic E-state index is 0.219. The third-order valence-electron chi connectivity index (χ3n) is 2.34. The predicted octanol–water partition coefficient (Wildman–Crippen LogP) is 2.92. The molecule has 1 aromatic heterocycles. The Morgan fingerprint density at radius 2 is 1.94 bits per heavy atom. The molecule has 82 valence electrons. The molecule has 1 heterocycles. The Balaban J connectivity index is 2.65. The molecule has 0 spiro atoms. The van der Waals surface area contributed by atoms with Gasteiger partial charge in [0.1, 0.15) is 11.6 Å². The average Bonchev–Trinajstić information content (AvgIpc) is 2.25. The molecule has 1 aromatic carbocycles. The lowest BCUT2D eigenvalue weighted by molar-refractivity contribution is 0.579. The number of aromatic nitrogens is 1. The Morgan fingerprint density at radius 1 is 1.19 bits per heavy atom. The molecular weight excluding hydrogens is 210 g/mol. The fraction of sp³-hybridized carbons (Fsp3) is 0.0833. The lowest BCUT2D eigenvalue weighted by Gasteiger charge is -2.07. The van der Waals surface area contributed by atoms with Gasteiger partial charge in [-0.15, -0.1) is 0 Å². The van der Waals surface area contributed by atoms with Crippen molar-refractivity contribution in [2.24, 2.45) is 0 Å². The summed E-state index contributed by atoms with van der Waals surface area (Å²) >= 11 is 0. The number of hydrogen-bond donors (Lipinski definition) is 1. The zero-order valence-electron chi connectivity index (χ0n) is 8.67. The zero-order chi connectivity index (χ0) is 11.7. The number of anilines is 1. The van der Waals surface area contributed by atoms with E-state index in [0.717, 1.165) is 6.07 Å². The Hall–Kier alpha value is -1.97. The fourth-order valence-corrected chi connectivity index (χ4v) is 1.48. The first-order valence-corrected chi connectivity index (χ1v) is 4.76. The number of nitrogens with zero attached hydrogens (tertiary/aromatic N) is 1. The number of nitrogens with two attached hydrogens (primary N) is 1. The lowest BCUT2D eigenvalue weighted by Crippen LogP contribution is -1.96. The second-order valence-electron chi connectivity index (χ2n) is 3.52. The van der Waals surface area contributed by atoms with Crippen LogP contribution in [0, 0.1) is 18.6 Å². The third kappa shape index (κ3) is 1.74. The second kappa shape index (κ2) is 3.89. The van der Waals surface area contributed by atoms with Crippen LogP contribution in [0.4, 0.5) is 14.5 Å². The maximum Gasteiger partial charge on any atom is 0.135 e. The van der Waals surface area contributed by atoms with Gasteiger partial charge in [0.05, 0.1) is 11.4 Å². The van der Waals surface area contributed by atoms with Gasteiger partial charge in [-0.25, -0.2) is 8.78 Å². The van der Waals surface area contributed by atoms with Crippen LogP contribution < -0.4 is 5.73 Å². The molecule has 2 nitrogen and oxygen atoms in total. The average molecular weight is 220 g/mol. The first kappa shape index (κ1) is 10.5. The number of benzene rings is 1. The van der Waals surface area contributed by atoms with Crippen molar-refractivity contribution in [3.8, 4) is 11.3 Å². The number of rotatable bonds is 1. The summed E-state index contributed by atoms with van der Waals surface area (Å²) in [4.78, 5) is 3.99. The minimum Gasteiger partial charge on any atom is -0.397 e. The van der Waals surface area contributed by atoms with Crippen LogP contribution in [0.1, 0.15) is 5.56 Å². The van der Waals surface area contributed by atoms with Crippen molar-refractivity contribution < 1.29 is 8.78 Å². The van der Waals surface area contributed by atoms with Gasteiger partial charge in [-0.2, -0.15) is 0 Å². The van der Waals surface area contributed by atoms with Crippen LogP contribution in [0.15, 0.2) is 30.5 Å². The smallest absolute Gasteiger partial charge is 0.135 e. The van der Waals surface area contributed by atoms with E-state index in [1.807, 2.05) is 0 Å². The standard InChI is InChI=1S/C12H10F2N2/c1-7-5-8(10(14)6-9(7)13)12-11(15)3-2-4-16-12/h2-6H,15H2,1H3. The molecule has 2 rings (SSSR count). The number of aryl methyl sites for hydroxylation is 1. The molecule has 0 radical (unpaired) electrons. The maximum absolute atomic E-state index is 13.6. The molecule has 2 aromatic rings. The number of hydrogen-bond acceptors (Lipinski definition) is 2. The highest BCUT2D eigenvalue weighted by Gasteiger charge is 2.12. The fourth-order valence-electron chi connectivity index (χ4n) is 1.48. The normalized spacial score (nSPS) is 10.4. The van der Waals surface area contributed by atoms with Crippen LogP contribution in [0.5, 0.6) is 0 Å². The molecule has 0 saturated heterocycles. The summed E-state index contributed by atoms with van der Waals surface area (Å²) in [6, 6.07) is 5.54. The molecule has 0 fully saturated rings. The van der Waals surface area contributed by atoms with Crippen LogP contribution in [-0.2, 0) is 0 Å². The summed E-state index contributed by atoms with van der Waals surface area (Å²) in [5.74, 6) is -1.23. The van der Waals surface area contributed by atoms with E-state index >= 15 is 0 Å². The van der Waals surface area contributed by atoms with Crippen molar-refractivity contribution in [2.75, 3.05) is 5.73 Å². The van der Waals surface area contributed by atoms with Crippen molar-refractivity contribution in [3.05, 3.63) is 47.7 Å². The molecular formula is C12H10F2N2. The molecule has 0 aliphatic heterocycles. The Morgan fingerprint density at radius 3 is 2.62 bits per heavy atom. The van der Waals surface area contributed by atoms with Gasteiger partial charge in [0.2, 0.25) is 0 Å².